The number of nitrogens with zero attached hydrogens (tertiary/aromatic N) is 1. The van der Waals surface area contributed by atoms with Crippen molar-refractivity contribution in [3.05, 3.63) is 94.0 Å². The average Bonchev–Trinajstić information content (AvgIpc) is 3.31. The first-order valence-electron chi connectivity index (χ1n) is 13.1. The van der Waals surface area contributed by atoms with Crippen molar-refractivity contribution in [1.29, 1.82) is 0 Å². The van der Waals surface area contributed by atoms with Crippen molar-refractivity contribution in [2.45, 2.75) is 50.2 Å². The van der Waals surface area contributed by atoms with Crippen LogP contribution in [-0.4, -0.2) is 42.7 Å². The minimum Gasteiger partial charge on any atom is -0.432 e. The van der Waals surface area contributed by atoms with Crippen molar-refractivity contribution in [2.75, 3.05) is 16.8 Å². The number of nitrogens with one attached hydrogen (secondary N) is 1. The van der Waals surface area contributed by atoms with Crippen molar-refractivity contribution in [2.24, 2.45) is 5.92 Å². The molecule has 1 saturated heterocycles. The second-order valence-electron chi connectivity index (χ2n) is 10.9. The molecule has 2 aliphatic rings. The van der Waals surface area contributed by atoms with E-state index in [1.165, 1.54) is 0 Å². The van der Waals surface area contributed by atoms with Gasteiger partial charge in [-0.25, -0.2) is 0 Å². The molecule has 4 atom stereocenters. The van der Waals surface area contributed by atoms with Crippen molar-refractivity contribution in [3.8, 4) is 0 Å². The third-order valence-electron chi connectivity index (χ3n) is 7.92. The van der Waals surface area contributed by atoms with Crippen molar-refractivity contribution >= 4 is 47.4 Å². The number of aliphatic hydroxyl groups is 1. The van der Waals surface area contributed by atoms with Crippen LogP contribution < -0.4 is 10.2 Å². The summed E-state index contributed by atoms with van der Waals surface area (Å²) in [5.74, 6) is -0.669. The Morgan fingerprint density at radius 2 is 1.85 bits per heavy atom. The number of anilines is 2. The predicted octanol–water partition coefficient (Wildman–Crippen LogP) is 5.43. The van der Waals surface area contributed by atoms with E-state index < -0.39 is 20.0 Å². The van der Waals surface area contributed by atoms with Crippen LogP contribution in [0.25, 0.3) is 0 Å². The summed E-state index contributed by atoms with van der Waals surface area (Å²) in [7, 11) is -2.75. The van der Waals surface area contributed by atoms with Crippen LogP contribution in [0.1, 0.15) is 34.8 Å². The van der Waals surface area contributed by atoms with E-state index in [0.717, 1.165) is 21.3 Å². The van der Waals surface area contributed by atoms with E-state index in [1.54, 1.807) is 17.0 Å². The number of carbonyl (C=O) groups excluding carboxylic acids is 2. The molecule has 204 valence electrons. The van der Waals surface area contributed by atoms with E-state index in [1.807, 2.05) is 80.7 Å². The standard InChI is InChI=1S/C30H33BrN2O5Si/c1-19-27(39(2,3)37)26(14-15-34)38-30(19)24-17-22(31)12-13-25(24)33(29(30)36)18-20-8-7-11-23(16-20)32-28(35)21-9-5-4-6-10-21/h4-13,16-17,19,26-27,34,37H,14-15,18H2,1-3H3,(H,32,35)/t19-,26+,27-,30+/m0/s1. The zero-order valence-electron chi connectivity index (χ0n) is 22.2. The number of aliphatic hydroxyl groups excluding tert-OH is 1. The van der Waals surface area contributed by atoms with Crippen molar-refractivity contribution < 1.29 is 24.2 Å². The lowest BCUT2D eigenvalue weighted by Crippen LogP contribution is -2.46. The Morgan fingerprint density at radius 1 is 1.10 bits per heavy atom. The predicted molar refractivity (Wildman–Crippen MR) is 157 cm³/mol. The van der Waals surface area contributed by atoms with Gasteiger partial charge in [-0.2, -0.15) is 0 Å². The van der Waals surface area contributed by atoms with Gasteiger partial charge in [-0.15, -0.1) is 0 Å². The van der Waals surface area contributed by atoms with Gasteiger partial charge < -0.3 is 24.9 Å². The van der Waals surface area contributed by atoms with Crippen LogP contribution in [0.15, 0.2) is 77.3 Å². The summed E-state index contributed by atoms with van der Waals surface area (Å²) in [6, 6.07) is 22.2. The number of hydrogen-bond acceptors (Lipinski definition) is 5. The molecule has 1 spiro atoms. The summed E-state index contributed by atoms with van der Waals surface area (Å²) in [6.07, 6.45) is -0.0722. The van der Waals surface area contributed by atoms with Crippen LogP contribution in [0.5, 0.6) is 0 Å². The molecule has 9 heteroatoms. The maximum atomic E-state index is 14.4. The number of rotatable bonds is 7. The van der Waals surface area contributed by atoms with Crippen LogP contribution in [0.4, 0.5) is 11.4 Å². The molecule has 2 aliphatic heterocycles. The maximum Gasteiger partial charge on any atom is 0.264 e. The number of hydrogen-bond donors (Lipinski definition) is 3. The van der Waals surface area contributed by atoms with Crippen molar-refractivity contribution in [1.82, 2.24) is 0 Å². The Bertz CT molecular complexity index is 1400. The zero-order valence-corrected chi connectivity index (χ0v) is 24.8. The van der Waals surface area contributed by atoms with Gasteiger partial charge in [0.2, 0.25) is 0 Å². The smallest absolute Gasteiger partial charge is 0.264 e. The SMILES string of the molecule is C[C@H]1[C@H]([Si](C)(C)O)[C@@H](CCO)O[C@]12C(=O)N(Cc1cccc(NC(=O)c3ccccc3)c1)c1ccc(Br)cc12. The van der Waals surface area contributed by atoms with Crippen LogP contribution in [0.2, 0.25) is 18.6 Å². The topological polar surface area (TPSA) is 99.1 Å². The van der Waals surface area contributed by atoms with Gasteiger partial charge >= 0.3 is 0 Å². The first-order chi connectivity index (χ1) is 18.6. The lowest BCUT2D eigenvalue weighted by molar-refractivity contribution is -0.146. The molecule has 0 aromatic heterocycles. The van der Waals surface area contributed by atoms with Crippen LogP contribution in [0, 0.1) is 5.92 Å². The third-order valence-corrected chi connectivity index (χ3v) is 10.9. The quantitative estimate of drug-likeness (QED) is 0.311. The van der Waals surface area contributed by atoms with Gasteiger partial charge in [-0.3, -0.25) is 9.59 Å². The molecule has 0 unspecified atom stereocenters. The average molecular weight is 610 g/mol. The molecule has 0 radical (unpaired) electrons. The summed E-state index contributed by atoms with van der Waals surface area (Å²) < 4.78 is 7.47. The highest BCUT2D eigenvalue weighted by molar-refractivity contribution is 9.10. The van der Waals surface area contributed by atoms with Crippen LogP contribution >= 0.6 is 15.9 Å². The number of amides is 2. The van der Waals surface area contributed by atoms with E-state index in [2.05, 4.69) is 21.2 Å². The van der Waals surface area contributed by atoms with Gasteiger partial charge in [0.05, 0.1) is 18.3 Å². The van der Waals surface area contributed by atoms with Crippen molar-refractivity contribution in [3.63, 3.8) is 0 Å². The fourth-order valence-corrected chi connectivity index (χ4v) is 9.29. The summed E-state index contributed by atoms with van der Waals surface area (Å²) in [6.45, 7) is 5.93. The lowest BCUT2D eigenvalue weighted by atomic mass is 9.82. The molecule has 5 rings (SSSR count). The fourth-order valence-electron chi connectivity index (χ4n) is 6.33. The molecule has 0 aliphatic carbocycles. The number of carbonyl (C=O) groups is 2. The van der Waals surface area contributed by atoms with Gasteiger partial charge in [-0.1, -0.05) is 53.2 Å². The molecule has 2 heterocycles. The van der Waals surface area contributed by atoms with E-state index >= 15 is 0 Å². The molecular weight excluding hydrogens is 576 g/mol. The fraction of sp³-hybridized carbons (Fsp3) is 0.333. The van der Waals surface area contributed by atoms with Gasteiger partial charge in [-0.05, 0) is 67.5 Å². The Hall–Kier alpha value is -2.82. The minimum absolute atomic E-state index is 0.0841. The molecule has 7 nitrogen and oxygen atoms in total. The molecule has 0 saturated carbocycles. The second kappa shape index (κ2) is 10.6. The molecular formula is C30H33BrN2O5Si. The Morgan fingerprint density at radius 3 is 2.54 bits per heavy atom. The third kappa shape index (κ3) is 4.98. The highest BCUT2D eigenvalue weighted by Crippen LogP contribution is 2.60. The number of halogens is 1. The molecule has 3 N–H and O–H groups in total. The first kappa shape index (κ1) is 27.7. The van der Waals surface area contributed by atoms with Crippen LogP contribution in [-0.2, 0) is 21.7 Å². The van der Waals surface area contributed by atoms with Gasteiger partial charge in [0.15, 0.2) is 13.9 Å². The molecule has 1 fully saturated rings. The lowest BCUT2D eigenvalue weighted by Gasteiger charge is -2.32. The number of benzene rings is 3. The summed E-state index contributed by atoms with van der Waals surface area (Å²) >= 11 is 3.57. The number of ether oxygens (including phenoxy) is 1. The maximum absolute atomic E-state index is 14.4. The highest BCUT2D eigenvalue weighted by atomic mass is 79.9. The normalized spacial score (nSPS) is 24.3. The largest absolute Gasteiger partial charge is 0.432 e. The van der Waals surface area contributed by atoms with E-state index in [0.29, 0.717) is 17.7 Å². The van der Waals surface area contributed by atoms with Crippen LogP contribution in [0.3, 0.4) is 0 Å². The van der Waals surface area contributed by atoms with Gasteiger partial charge in [0.1, 0.15) is 0 Å². The molecule has 3 aromatic carbocycles. The van der Waals surface area contributed by atoms with E-state index in [9.17, 15) is 19.5 Å². The van der Waals surface area contributed by atoms with E-state index in [-0.39, 0.29) is 36.4 Å². The Balaban J connectivity index is 1.48. The molecule has 3 aromatic rings. The highest BCUT2D eigenvalue weighted by Gasteiger charge is 2.66. The monoisotopic (exact) mass is 608 g/mol. The zero-order chi connectivity index (χ0) is 27.9. The Labute approximate surface area is 238 Å². The summed E-state index contributed by atoms with van der Waals surface area (Å²) in [5.41, 5.74) is 2.11. The minimum atomic E-state index is -2.75. The Kier molecular flexibility index (Phi) is 7.56. The molecule has 39 heavy (non-hydrogen) atoms. The summed E-state index contributed by atoms with van der Waals surface area (Å²) in [4.78, 5) is 40.0. The first-order valence-corrected chi connectivity index (χ1v) is 17.0. The molecule has 0 bridgehead atoms. The van der Waals surface area contributed by atoms with Gasteiger partial charge in [0, 0.05) is 39.4 Å². The van der Waals surface area contributed by atoms with E-state index in [4.69, 9.17) is 4.74 Å². The summed E-state index contributed by atoms with van der Waals surface area (Å²) in [5, 5.41) is 12.7. The second-order valence-corrected chi connectivity index (χ2v) is 15.8. The number of fused-ring (bicyclic) bond motifs is 2. The molecule has 2 amide bonds. The van der Waals surface area contributed by atoms with Gasteiger partial charge in [0.25, 0.3) is 11.8 Å².